The molecule has 0 aliphatic rings. The van der Waals surface area contributed by atoms with Gasteiger partial charge in [-0.2, -0.15) is 0 Å². The Bertz CT molecular complexity index is 470. The van der Waals surface area contributed by atoms with E-state index in [2.05, 4.69) is 0 Å². The predicted molar refractivity (Wildman–Crippen MR) is 75.1 cm³/mol. The molecular formula is C17H16O2. The van der Waals surface area contributed by atoms with Crippen LogP contribution in [0.25, 0.3) is 0 Å². The SMILES string of the molecule is O=CC(CC(C=O)c1ccccc1)c1ccccc1. The highest BCUT2D eigenvalue weighted by Crippen LogP contribution is 2.27. The average molecular weight is 252 g/mol. The first kappa shape index (κ1) is 13.2. The Morgan fingerprint density at radius 2 is 1.05 bits per heavy atom. The monoisotopic (exact) mass is 252 g/mol. The van der Waals surface area contributed by atoms with Crippen LogP contribution in [0.5, 0.6) is 0 Å². The maximum Gasteiger partial charge on any atom is 0.127 e. The second-order valence-corrected chi connectivity index (χ2v) is 4.54. The van der Waals surface area contributed by atoms with Crippen molar-refractivity contribution in [1.29, 1.82) is 0 Å². The van der Waals surface area contributed by atoms with E-state index in [1.165, 1.54) is 0 Å². The normalized spacial score (nSPS) is 13.5. The van der Waals surface area contributed by atoms with Gasteiger partial charge in [-0.25, -0.2) is 0 Å². The van der Waals surface area contributed by atoms with E-state index < -0.39 is 0 Å². The third-order valence-corrected chi connectivity index (χ3v) is 3.29. The maximum atomic E-state index is 11.3. The molecule has 2 atom stereocenters. The zero-order valence-corrected chi connectivity index (χ0v) is 10.6. The molecule has 2 heteroatoms. The van der Waals surface area contributed by atoms with E-state index in [1.807, 2.05) is 60.7 Å². The molecule has 0 saturated heterocycles. The number of aldehydes is 2. The molecule has 0 bridgehead atoms. The first-order valence-corrected chi connectivity index (χ1v) is 6.35. The lowest BCUT2D eigenvalue weighted by Crippen LogP contribution is -2.09. The summed E-state index contributed by atoms with van der Waals surface area (Å²) < 4.78 is 0. The van der Waals surface area contributed by atoms with Gasteiger partial charge in [0.15, 0.2) is 0 Å². The number of hydrogen-bond donors (Lipinski definition) is 0. The van der Waals surface area contributed by atoms with Crippen LogP contribution in [-0.4, -0.2) is 12.6 Å². The molecule has 0 aromatic heterocycles. The molecule has 0 fully saturated rings. The topological polar surface area (TPSA) is 34.1 Å². The van der Waals surface area contributed by atoms with Gasteiger partial charge in [0.05, 0.1) is 0 Å². The Kier molecular flexibility index (Phi) is 4.62. The van der Waals surface area contributed by atoms with Crippen LogP contribution >= 0.6 is 0 Å². The lowest BCUT2D eigenvalue weighted by atomic mass is 9.87. The highest BCUT2D eigenvalue weighted by atomic mass is 16.1. The molecule has 0 heterocycles. The van der Waals surface area contributed by atoms with Gasteiger partial charge in [-0.05, 0) is 17.5 Å². The highest BCUT2D eigenvalue weighted by Gasteiger charge is 2.18. The molecule has 2 nitrogen and oxygen atoms in total. The summed E-state index contributed by atoms with van der Waals surface area (Å²) in [5.41, 5.74) is 1.92. The van der Waals surface area contributed by atoms with Crippen LogP contribution in [0.15, 0.2) is 60.7 Å². The van der Waals surface area contributed by atoms with Crippen LogP contribution in [0.3, 0.4) is 0 Å². The van der Waals surface area contributed by atoms with Crippen LogP contribution in [-0.2, 0) is 9.59 Å². The molecule has 2 rings (SSSR count). The molecule has 0 saturated carbocycles. The summed E-state index contributed by atoms with van der Waals surface area (Å²) in [5.74, 6) is -0.479. The Morgan fingerprint density at radius 1 is 0.684 bits per heavy atom. The fraction of sp³-hybridized carbons (Fsp3) is 0.176. The molecule has 0 radical (unpaired) electrons. The summed E-state index contributed by atoms with van der Waals surface area (Å²) in [6.07, 6.45) is 2.37. The molecule has 2 aromatic rings. The number of benzene rings is 2. The van der Waals surface area contributed by atoms with Crippen molar-refractivity contribution < 1.29 is 9.59 Å². The van der Waals surface area contributed by atoms with Crippen molar-refractivity contribution in [3.8, 4) is 0 Å². The summed E-state index contributed by atoms with van der Waals surface area (Å²) in [5, 5.41) is 0. The molecular weight excluding hydrogens is 236 g/mol. The molecule has 2 aromatic carbocycles. The maximum absolute atomic E-state index is 11.3. The van der Waals surface area contributed by atoms with E-state index in [0.717, 1.165) is 23.7 Å². The van der Waals surface area contributed by atoms with Crippen LogP contribution in [0.4, 0.5) is 0 Å². The van der Waals surface area contributed by atoms with Crippen LogP contribution < -0.4 is 0 Å². The number of carbonyl (C=O) groups is 2. The van der Waals surface area contributed by atoms with Gasteiger partial charge in [0.1, 0.15) is 12.6 Å². The van der Waals surface area contributed by atoms with Crippen molar-refractivity contribution >= 4 is 12.6 Å². The minimum atomic E-state index is -0.239. The quantitative estimate of drug-likeness (QED) is 0.739. The minimum Gasteiger partial charge on any atom is -0.303 e. The van der Waals surface area contributed by atoms with Gasteiger partial charge in [-0.1, -0.05) is 60.7 Å². The van der Waals surface area contributed by atoms with Crippen LogP contribution in [0.2, 0.25) is 0 Å². The summed E-state index contributed by atoms with van der Waals surface area (Å²) in [6.45, 7) is 0. The molecule has 96 valence electrons. The van der Waals surface area contributed by atoms with Crippen molar-refractivity contribution in [2.75, 3.05) is 0 Å². The van der Waals surface area contributed by atoms with E-state index >= 15 is 0 Å². The Hall–Kier alpha value is -2.22. The largest absolute Gasteiger partial charge is 0.303 e. The number of rotatable bonds is 6. The third kappa shape index (κ3) is 3.38. The lowest BCUT2D eigenvalue weighted by molar-refractivity contribution is -0.110. The molecule has 0 N–H and O–H groups in total. The van der Waals surface area contributed by atoms with Crippen molar-refractivity contribution in [2.24, 2.45) is 0 Å². The van der Waals surface area contributed by atoms with Crippen LogP contribution in [0.1, 0.15) is 29.4 Å². The predicted octanol–water partition coefficient (Wildman–Crippen LogP) is 3.34. The van der Waals surface area contributed by atoms with Gasteiger partial charge in [0.2, 0.25) is 0 Å². The van der Waals surface area contributed by atoms with Crippen molar-refractivity contribution in [2.45, 2.75) is 18.3 Å². The Balaban J connectivity index is 2.17. The second kappa shape index (κ2) is 6.64. The molecule has 0 spiro atoms. The van der Waals surface area contributed by atoms with Gasteiger partial charge in [-0.15, -0.1) is 0 Å². The molecule has 19 heavy (non-hydrogen) atoms. The Morgan fingerprint density at radius 3 is 1.37 bits per heavy atom. The first-order valence-electron chi connectivity index (χ1n) is 6.35. The average Bonchev–Trinajstić information content (AvgIpc) is 2.50. The van der Waals surface area contributed by atoms with E-state index in [0.29, 0.717) is 6.42 Å². The minimum absolute atomic E-state index is 0.239. The van der Waals surface area contributed by atoms with E-state index in [-0.39, 0.29) is 11.8 Å². The van der Waals surface area contributed by atoms with Gasteiger partial charge in [0.25, 0.3) is 0 Å². The highest BCUT2D eigenvalue weighted by molar-refractivity contribution is 5.67. The smallest absolute Gasteiger partial charge is 0.127 e. The summed E-state index contributed by atoms with van der Waals surface area (Å²) in [6, 6.07) is 19.2. The molecule has 0 amide bonds. The van der Waals surface area contributed by atoms with E-state index in [4.69, 9.17) is 0 Å². The van der Waals surface area contributed by atoms with Crippen molar-refractivity contribution in [3.05, 3.63) is 71.8 Å². The van der Waals surface area contributed by atoms with Crippen molar-refractivity contribution in [3.63, 3.8) is 0 Å². The standard InChI is InChI=1S/C17H16O2/c18-12-16(14-7-3-1-4-8-14)11-17(13-19)15-9-5-2-6-10-15/h1-10,12-13,16-17H,11H2. The zero-order valence-electron chi connectivity index (χ0n) is 10.6. The number of carbonyl (C=O) groups excluding carboxylic acids is 2. The van der Waals surface area contributed by atoms with Gasteiger partial charge < -0.3 is 9.59 Å². The van der Waals surface area contributed by atoms with E-state index in [1.54, 1.807) is 0 Å². The fourth-order valence-electron chi connectivity index (χ4n) is 2.21. The molecule has 0 aliphatic carbocycles. The van der Waals surface area contributed by atoms with Gasteiger partial charge in [-0.3, -0.25) is 0 Å². The third-order valence-electron chi connectivity index (χ3n) is 3.29. The Labute approximate surface area is 113 Å². The lowest BCUT2D eigenvalue weighted by Gasteiger charge is -2.16. The summed E-state index contributed by atoms with van der Waals surface area (Å²) >= 11 is 0. The van der Waals surface area contributed by atoms with Crippen molar-refractivity contribution in [1.82, 2.24) is 0 Å². The number of hydrogen-bond acceptors (Lipinski definition) is 2. The zero-order chi connectivity index (χ0) is 13.5. The van der Waals surface area contributed by atoms with Gasteiger partial charge in [0, 0.05) is 11.8 Å². The first-order chi connectivity index (χ1) is 9.35. The van der Waals surface area contributed by atoms with Gasteiger partial charge >= 0.3 is 0 Å². The summed E-state index contributed by atoms with van der Waals surface area (Å²) in [4.78, 5) is 22.5. The molecule has 2 unspecified atom stereocenters. The summed E-state index contributed by atoms with van der Waals surface area (Å²) in [7, 11) is 0. The molecule has 0 aliphatic heterocycles. The van der Waals surface area contributed by atoms with Crippen LogP contribution in [0, 0.1) is 0 Å². The second-order valence-electron chi connectivity index (χ2n) is 4.54. The van der Waals surface area contributed by atoms with E-state index in [9.17, 15) is 9.59 Å². The fourth-order valence-corrected chi connectivity index (χ4v) is 2.21.